The van der Waals surface area contributed by atoms with Crippen molar-refractivity contribution in [1.29, 1.82) is 0 Å². The summed E-state index contributed by atoms with van der Waals surface area (Å²) >= 11 is 0. The molecule has 0 radical (unpaired) electrons. The third-order valence-corrected chi connectivity index (χ3v) is 5.32. The van der Waals surface area contributed by atoms with Crippen molar-refractivity contribution in [3.63, 3.8) is 0 Å². The summed E-state index contributed by atoms with van der Waals surface area (Å²) in [6.45, 7) is 11.1. The first-order valence-corrected chi connectivity index (χ1v) is 6.72. The number of hydrogen-bond donors (Lipinski definition) is 0. The van der Waals surface area contributed by atoms with Crippen molar-refractivity contribution in [1.82, 2.24) is 4.90 Å². The van der Waals surface area contributed by atoms with Crippen molar-refractivity contribution in [3.05, 3.63) is 0 Å². The molecule has 2 atom stereocenters. The minimum atomic E-state index is 0.217. The Morgan fingerprint density at radius 1 is 1.31 bits per heavy atom. The first-order valence-electron chi connectivity index (χ1n) is 6.72. The van der Waals surface area contributed by atoms with Crippen molar-refractivity contribution >= 4 is 5.78 Å². The highest BCUT2D eigenvalue weighted by atomic mass is 16.1. The fraction of sp³-hybridized carbons (Fsp3) is 0.929. The van der Waals surface area contributed by atoms with Crippen LogP contribution in [0.2, 0.25) is 0 Å². The van der Waals surface area contributed by atoms with Gasteiger partial charge in [-0.15, -0.1) is 0 Å². The monoisotopic (exact) mass is 223 g/mol. The van der Waals surface area contributed by atoms with E-state index in [-0.39, 0.29) is 6.04 Å². The predicted molar refractivity (Wildman–Crippen MR) is 66.4 cm³/mol. The Morgan fingerprint density at radius 3 is 2.38 bits per heavy atom. The second-order valence-corrected chi connectivity index (χ2v) is 6.27. The summed E-state index contributed by atoms with van der Waals surface area (Å²) in [6, 6.07) is 0.217. The molecule has 0 aromatic heterocycles. The number of rotatable bonds is 3. The van der Waals surface area contributed by atoms with Gasteiger partial charge in [-0.25, -0.2) is 0 Å². The molecule has 92 valence electrons. The molecular formula is C14H25NO. The van der Waals surface area contributed by atoms with E-state index in [9.17, 15) is 4.79 Å². The summed E-state index contributed by atoms with van der Waals surface area (Å²) in [7, 11) is 0. The number of ketones is 1. The van der Waals surface area contributed by atoms with Gasteiger partial charge in [0.1, 0.15) is 5.78 Å². The quantitative estimate of drug-likeness (QED) is 0.733. The van der Waals surface area contributed by atoms with E-state index in [1.165, 1.54) is 12.8 Å². The van der Waals surface area contributed by atoms with E-state index in [0.717, 1.165) is 19.5 Å². The maximum absolute atomic E-state index is 12.0. The largest absolute Gasteiger partial charge is 0.298 e. The van der Waals surface area contributed by atoms with E-state index >= 15 is 0 Å². The lowest BCUT2D eigenvalue weighted by Crippen LogP contribution is -2.49. The van der Waals surface area contributed by atoms with Crippen LogP contribution in [-0.2, 0) is 4.79 Å². The molecule has 0 aromatic carbocycles. The zero-order valence-corrected chi connectivity index (χ0v) is 11.2. The van der Waals surface area contributed by atoms with Gasteiger partial charge in [-0.2, -0.15) is 0 Å². The molecule has 1 heterocycles. The standard InChI is InChI=1S/C14H25NO/c1-5-12(16)11-9-14(10-15(11)6-2)8-7-13(14,3)4/h11H,5-10H2,1-4H3/t11-,14?/m0/s1. The molecule has 2 heteroatoms. The SMILES string of the molecule is CCC(=O)[C@@H]1CC2(CCC2(C)C)CN1CC. The van der Waals surface area contributed by atoms with E-state index in [0.29, 0.717) is 23.0 Å². The zero-order chi connectivity index (χ0) is 12.0. The van der Waals surface area contributed by atoms with Crippen LogP contribution in [0.15, 0.2) is 0 Å². The zero-order valence-electron chi connectivity index (χ0n) is 11.2. The maximum Gasteiger partial charge on any atom is 0.149 e. The average Bonchev–Trinajstić information content (AvgIpc) is 2.68. The molecule has 2 fully saturated rings. The van der Waals surface area contributed by atoms with Crippen LogP contribution in [0.3, 0.4) is 0 Å². The number of hydrogen-bond acceptors (Lipinski definition) is 2. The summed E-state index contributed by atoms with van der Waals surface area (Å²) in [5.74, 6) is 0.446. The van der Waals surface area contributed by atoms with Crippen LogP contribution in [-0.4, -0.2) is 29.8 Å². The Bertz CT molecular complexity index is 297. The van der Waals surface area contributed by atoms with Crippen LogP contribution in [0, 0.1) is 10.8 Å². The lowest BCUT2D eigenvalue weighted by atomic mass is 9.50. The van der Waals surface area contributed by atoms with Gasteiger partial charge >= 0.3 is 0 Å². The molecular weight excluding hydrogens is 198 g/mol. The van der Waals surface area contributed by atoms with Gasteiger partial charge in [-0.05, 0) is 36.6 Å². The molecule has 1 aliphatic heterocycles. The molecule has 1 unspecified atom stereocenters. The van der Waals surface area contributed by atoms with Gasteiger partial charge < -0.3 is 0 Å². The Labute approximate surface area is 99.4 Å². The average molecular weight is 223 g/mol. The normalized spacial score (nSPS) is 37.6. The van der Waals surface area contributed by atoms with Crippen molar-refractivity contribution < 1.29 is 4.79 Å². The van der Waals surface area contributed by atoms with Crippen molar-refractivity contribution in [3.8, 4) is 0 Å². The maximum atomic E-state index is 12.0. The van der Waals surface area contributed by atoms with Crippen LogP contribution in [0.4, 0.5) is 0 Å². The minimum absolute atomic E-state index is 0.217. The van der Waals surface area contributed by atoms with E-state index in [2.05, 4.69) is 25.7 Å². The minimum Gasteiger partial charge on any atom is -0.298 e. The molecule has 1 spiro atoms. The molecule has 2 aliphatic rings. The number of nitrogens with zero attached hydrogens (tertiary/aromatic N) is 1. The first kappa shape index (κ1) is 12.1. The molecule has 1 aliphatic carbocycles. The van der Waals surface area contributed by atoms with Crippen LogP contribution in [0.5, 0.6) is 0 Å². The van der Waals surface area contributed by atoms with Crippen LogP contribution >= 0.6 is 0 Å². The highest BCUT2D eigenvalue weighted by Gasteiger charge is 2.58. The Morgan fingerprint density at radius 2 is 2.00 bits per heavy atom. The van der Waals surface area contributed by atoms with Gasteiger partial charge in [0.15, 0.2) is 0 Å². The molecule has 1 saturated heterocycles. The van der Waals surface area contributed by atoms with Gasteiger partial charge in [0, 0.05) is 13.0 Å². The summed E-state index contributed by atoms with van der Waals surface area (Å²) in [6.07, 6.45) is 4.46. The molecule has 16 heavy (non-hydrogen) atoms. The van der Waals surface area contributed by atoms with Gasteiger partial charge in [-0.3, -0.25) is 9.69 Å². The number of carbonyl (C=O) groups excluding carboxylic acids is 1. The third-order valence-electron chi connectivity index (χ3n) is 5.32. The molecule has 1 saturated carbocycles. The first-order chi connectivity index (χ1) is 7.46. The topological polar surface area (TPSA) is 20.3 Å². The summed E-state index contributed by atoms with van der Waals surface area (Å²) < 4.78 is 0. The van der Waals surface area contributed by atoms with Crippen molar-refractivity contribution in [2.24, 2.45) is 10.8 Å². The predicted octanol–water partition coefficient (Wildman–Crippen LogP) is 2.87. The Balaban J connectivity index is 2.16. The molecule has 2 nitrogen and oxygen atoms in total. The number of Topliss-reactive ketones (excluding diaryl/α,β-unsaturated/α-hetero) is 1. The Hall–Kier alpha value is -0.370. The molecule has 0 bridgehead atoms. The fourth-order valence-corrected chi connectivity index (χ4v) is 3.60. The number of likely N-dealkylation sites (N-methyl/N-ethyl adjacent to an activating group) is 1. The van der Waals surface area contributed by atoms with Crippen LogP contribution in [0.1, 0.15) is 53.4 Å². The van der Waals surface area contributed by atoms with Gasteiger partial charge in [0.25, 0.3) is 0 Å². The summed E-state index contributed by atoms with van der Waals surface area (Å²) in [5.41, 5.74) is 0.891. The van der Waals surface area contributed by atoms with E-state index < -0.39 is 0 Å². The molecule has 0 N–H and O–H groups in total. The van der Waals surface area contributed by atoms with Gasteiger partial charge in [0.2, 0.25) is 0 Å². The highest BCUT2D eigenvalue weighted by molar-refractivity contribution is 5.84. The lowest BCUT2D eigenvalue weighted by Gasteiger charge is -2.54. The van der Waals surface area contributed by atoms with E-state index in [1.807, 2.05) is 6.92 Å². The number of likely N-dealkylation sites (tertiary alicyclic amines) is 1. The van der Waals surface area contributed by atoms with Crippen LogP contribution in [0.25, 0.3) is 0 Å². The number of carbonyl (C=O) groups is 1. The highest BCUT2D eigenvalue weighted by Crippen LogP contribution is 2.62. The molecule has 2 rings (SSSR count). The fourth-order valence-electron chi connectivity index (χ4n) is 3.60. The van der Waals surface area contributed by atoms with Gasteiger partial charge in [-0.1, -0.05) is 27.7 Å². The van der Waals surface area contributed by atoms with Gasteiger partial charge in [0.05, 0.1) is 6.04 Å². The lowest BCUT2D eigenvalue weighted by molar-refractivity contribution is -0.123. The van der Waals surface area contributed by atoms with E-state index in [1.54, 1.807) is 0 Å². The molecule has 0 amide bonds. The Kier molecular flexibility index (Phi) is 2.90. The second kappa shape index (κ2) is 3.83. The van der Waals surface area contributed by atoms with E-state index in [4.69, 9.17) is 0 Å². The van der Waals surface area contributed by atoms with Crippen molar-refractivity contribution in [2.45, 2.75) is 59.4 Å². The third kappa shape index (κ3) is 1.54. The second-order valence-electron chi connectivity index (χ2n) is 6.27. The summed E-state index contributed by atoms with van der Waals surface area (Å²) in [5, 5.41) is 0. The smallest absolute Gasteiger partial charge is 0.149 e. The van der Waals surface area contributed by atoms with Crippen LogP contribution < -0.4 is 0 Å². The molecule has 0 aromatic rings. The van der Waals surface area contributed by atoms with Crippen molar-refractivity contribution in [2.75, 3.05) is 13.1 Å². The summed E-state index contributed by atoms with van der Waals surface area (Å²) in [4.78, 5) is 14.4.